The zero-order valence-electron chi connectivity index (χ0n) is 11.0. The number of sulfonamides is 1. The zero-order chi connectivity index (χ0) is 14.2. The number of aromatic amines is 1. The van der Waals surface area contributed by atoms with Crippen LogP contribution >= 0.6 is 0 Å². The van der Waals surface area contributed by atoms with Gasteiger partial charge in [0.05, 0.1) is 22.8 Å². The summed E-state index contributed by atoms with van der Waals surface area (Å²) in [6.07, 6.45) is 0. The zero-order valence-corrected chi connectivity index (χ0v) is 11.8. The van der Waals surface area contributed by atoms with Gasteiger partial charge in [-0.1, -0.05) is 0 Å². The van der Waals surface area contributed by atoms with Crippen LogP contribution in [0.5, 0.6) is 0 Å². The van der Waals surface area contributed by atoms with Crippen LogP contribution in [-0.2, 0) is 10.0 Å². The van der Waals surface area contributed by atoms with E-state index in [2.05, 4.69) is 30.1 Å². The standard InChI is InChI=1S/C10H14N6O2S/c1-5-6(2)12-15-10(11-5)16-19(17,18)9-7(3)13-14-8(9)4/h1-4H3,(H,13,14)(H,11,15,16). The average molecular weight is 282 g/mol. The van der Waals surface area contributed by atoms with Gasteiger partial charge >= 0.3 is 0 Å². The Labute approximate surface area is 110 Å². The molecule has 2 heterocycles. The second-order valence-corrected chi connectivity index (χ2v) is 5.79. The van der Waals surface area contributed by atoms with Gasteiger partial charge in [0.25, 0.3) is 16.0 Å². The fourth-order valence-electron chi connectivity index (χ4n) is 1.61. The van der Waals surface area contributed by atoms with Gasteiger partial charge in [-0.2, -0.15) is 10.2 Å². The highest BCUT2D eigenvalue weighted by molar-refractivity contribution is 7.92. The number of H-pyrrole nitrogens is 1. The molecule has 0 bridgehead atoms. The molecule has 2 aromatic heterocycles. The lowest BCUT2D eigenvalue weighted by atomic mass is 10.4. The van der Waals surface area contributed by atoms with Gasteiger partial charge < -0.3 is 0 Å². The third-order valence-electron chi connectivity index (χ3n) is 2.65. The van der Waals surface area contributed by atoms with Crippen molar-refractivity contribution in [3.63, 3.8) is 0 Å². The highest BCUT2D eigenvalue weighted by atomic mass is 32.2. The van der Waals surface area contributed by atoms with Crippen molar-refractivity contribution in [2.24, 2.45) is 0 Å². The molecule has 0 saturated heterocycles. The van der Waals surface area contributed by atoms with Crippen LogP contribution in [0, 0.1) is 27.7 Å². The van der Waals surface area contributed by atoms with E-state index in [4.69, 9.17) is 0 Å². The quantitative estimate of drug-likeness (QED) is 0.853. The lowest BCUT2D eigenvalue weighted by Gasteiger charge is -2.07. The van der Waals surface area contributed by atoms with E-state index in [1.165, 1.54) is 0 Å². The smallest absolute Gasteiger partial charge is 0.267 e. The molecule has 2 aromatic rings. The van der Waals surface area contributed by atoms with Crippen molar-refractivity contribution < 1.29 is 8.42 Å². The van der Waals surface area contributed by atoms with Crippen molar-refractivity contribution in [2.75, 3.05) is 4.72 Å². The monoisotopic (exact) mass is 282 g/mol. The first kappa shape index (κ1) is 13.4. The molecule has 2 rings (SSSR count). The number of hydrogen-bond acceptors (Lipinski definition) is 6. The van der Waals surface area contributed by atoms with Crippen LogP contribution in [0.15, 0.2) is 4.90 Å². The molecule has 0 unspecified atom stereocenters. The molecular formula is C10H14N6O2S. The van der Waals surface area contributed by atoms with Gasteiger partial charge in [-0.05, 0) is 27.7 Å². The minimum atomic E-state index is -3.77. The Morgan fingerprint density at radius 3 is 2.21 bits per heavy atom. The van der Waals surface area contributed by atoms with E-state index in [1.54, 1.807) is 27.7 Å². The van der Waals surface area contributed by atoms with E-state index in [0.717, 1.165) is 0 Å². The van der Waals surface area contributed by atoms with Crippen molar-refractivity contribution in [1.29, 1.82) is 0 Å². The highest BCUT2D eigenvalue weighted by Gasteiger charge is 2.23. The van der Waals surface area contributed by atoms with Gasteiger partial charge in [0.2, 0.25) is 0 Å². The van der Waals surface area contributed by atoms with E-state index in [0.29, 0.717) is 22.8 Å². The van der Waals surface area contributed by atoms with Gasteiger partial charge in [-0.3, -0.25) is 5.10 Å². The molecule has 0 aliphatic rings. The number of hydrogen-bond donors (Lipinski definition) is 2. The normalized spacial score (nSPS) is 11.6. The molecule has 8 nitrogen and oxygen atoms in total. The highest BCUT2D eigenvalue weighted by Crippen LogP contribution is 2.19. The molecule has 0 aromatic carbocycles. The number of nitrogens with one attached hydrogen (secondary N) is 2. The molecular weight excluding hydrogens is 268 g/mol. The largest absolute Gasteiger partial charge is 0.281 e. The minimum absolute atomic E-state index is 0.0527. The number of anilines is 1. The van der Waals surface area contributed by atoms with Crippen molar-refractivity contribution >= 4 is 16.0 Å². The molecule has 0 saturated carbocycles. The summed E-state index contributed by atoms with van der Waals surface area (Å²) in [5.74, 6) is -0.0527. The Kier molecular flexibility index (Phi) is 3.23. The Hall–Kier alpha value is -2.03. The Morgan fingerprint density at radius 1 is 1.00 bits per heavy atom. The number of nitrogens with zero attached hydrogens (tertiary/aromatic N) is 4. The van der Waals surface area contributed by atoms with Gasteiger partial charge in [-0.25, -0.2) is 18.1 Å². The first-order chi connectivity index (χ1) is 8.81. The van der Waals surface area contributed by atoms with Crippen molar-refractivity contribution in [3.8, 4) is 0 Å². The topological polar surface area (TPSA) is 114 Å². The Bertz CT molecular complexity index is 702. The molecule has 102 valence electrons. The van der Waals surface area contributed by atoms with E-state index in [9.17, 15) is 8.42 Å². The number of aromatic nitrogens is 5. The summed E-state index contributed by atoms with van der Waals surface area (Å²) in [4.78, 5) is 4.14. The van der Waals surface area contributed by atoms with Crippen molar-refractivity contribution in [3.05, 3.63) is 22.8 Å². The minimum Gasteiger partial charge on any atom is -0.281 e. The summed E-state index contributed by atoms with van der Waals surface area (Å²) in [5, 5.41) is 14.0. The predicted molar refractivity (Wildman–Crippen MR) is 68.2 cm³/mol. The summed E-state index contributed by atoms with van der Waals surface area (Å²) < 4.78 is 26.7. The predicted octanol–water partition coefficient (Wildman–Crippen LogP) is 0.629. The molecule has 0 radical (unpaired) electrons. The second kappa shape index (κ2) is 4.57. The molecule has 0 atom stereocenters. The fraction of sp³-hybridized carbons (Fsp3) is 0.400. The third kappa shape index (κ3) is 2.55. The van der Waals surface area contributed by atoms with Crippen molar-refractivity contribution in [2.45, 2.75) is 32.6 Å². The first-order valence-corrected chi connectivity index (χ1v) is 7.02. The van der Waals surface area contributed by atoms with E-state index in [1.807, 2.05) is 0 Å². The van der Waals surface area contributed by atoms with Gasteiger partial charge in [0.1, 0.15) is 4.90 Å². The van der Waals surface area contributed by atoms with Crippen LogP contribution in [0.1, 0.15) is 22.8 Å². The number of rotatable bonds is 3. The SMILES string of the molecule is Cc1nnc(NS(=O)(=O)c2c(C)n[nH]c2C)nc1C. The maximum absolute atomic E-state index is 12.2. The summed E-state index contributed by atoms with van der Waals surface area (Å²) in [7, 11) is -3.77. The lowest BCUT2D eigenvalue weighted by molar-refractivity contribution is 0.599. The molecule has 0 fully saturated rings. The molecule has 0 aliphatic heterocycles. The lowest BCUT2D eigenvalue weighted by Crippen LogP contribution is -2.17. The van der Waals surface area contributed by atoms with Crippen LogP contribution < -0.4 is 4.72 Å². The summed E-state index contributed by atoms with van der Waals surface area (Å²) in [6, 6.07) is 0. The number of aryl methyl sites for hydroxylation is 4. The maximum atomic E-state index is 12.2. The van der Waals surface area contributed by atoms with Crippen LogP contribution in [0.3, 0.4) is 0 Å². The van der Waals surface area contributed by atoms with Gasteiger partial charge in [-0.15, -0.1) is 5.10 Å². The van der Waals surface area contributed by atoms with E-state index >= 15 is 0 Å². The third-order valence-corrected chi connectivity index (χ3v) is 4.24. The van der Waals surface area contributed by atoms with Crippen LogP contribution in [0.25, 0.3) is 0 Å². The molecule has 19 heavy (non-hydrogen) atoms. The van der Waals surface area contributed by atoms with E-state index < -0.39 is 10.0 Å². The van der Waals surface area contributed by atoms with Crippen LogP contribution in [0.4, 0.5) is 5.95 Å². The summed E-state index contributed by atoms with van der Waals surface area (Å²) in [6.45, 7) is 6.72. The van der Waals surface area contributed by atoms with Gasteiger partial charge in [0.15, 0.2) is 0 Å². The van der Waals surface area contributed by atoms with Gasteiger partial charge in [0, 0.05) is 0 Å². The van der Waals surface area contributed by atoms with Crippen LogP contribution in [-0.4, -0.2) is 33.8 Å². The van der Waals surface area contributed by atoms with Crippen molar-refractivity contribution in [1.82, 2.24) is 25.4 Å². The fourth-order valence-corrected chi connectivity index (χ4v) is 2.92. The van der Waals surface area contributed by atoms with Crippen LogP contribution in [0.2, 0.25) is 0 Å². The second-order valence-electron chi connectivity index (χ2n) is 4.17. The molecule has 0 spiro atoms. The molecule has 2 N–H and O–H groups in total. The summed E-state index contributed by atoms with van der Waals surface area (Å²) >= 11 is 0. The first-order valence-electron chi connectivity index (χ1n) is 5.53. The average Bonchev–Trinajstić information content (AvgIpc) is 2.64. The maximum Gasteiger partial charge on any atom is 0.267 e. The molecule has 9 heteroatoms. The van der Waals surface area contributed by atoms with E-state index in [-0.39, 0.29) is 10.8 Å². The Morgan fingerprint density at radius 2 is 1.68 bits per heavy atom. The Balaban J connectivity index is 2.39. The summed E-state index contributed by atoms with van der Waals surface area (Å²) in [5.41, 5.74) is 2.12. The molecule has 0 amide bonds. The molecule has 0 aliphatic carbocycles.